The number of alkyl halides is 3. The highest BCUT2D eigenvalue weighted by Crippen LogP contribution is 2.34. The normalized spacial score (nSPS) is 17.8. The number of benzene rings is 1. The SMILES string of the molecule is CC(NS(=O)(=O)c1ccccc1C(F)(F)F)C(=O)NC1(CN)CCCC1.Cl. The predicted octanol–water partition coefficient (Wildman–Crippen LogP) is 2.18. The lowest BCUT2D eigenvalue weighted by Gasteiger charge is -2.30. The van der Waals surface area contributed by atoms with Gasteiger partial charge in [-0.05, 0) is 31.9 Å². The van der Waals surface area contributed by atoms with Crippen LogP contribution in [0, 0.1) is 0 Å². The Morgan fingerprint density at radius 2 is 1.81 bits per heavy atom. The number of amides is 1. The van der Waals surface area contributed by atoms with E-state index < -0.39 is 44.1 Å². The highest BCUT2D eigenvalue weighted by atomic mass is 35.5. The first-order chi connectivity index (χ1) is 12.0. The summed E-state index contributed by atoms with van der Waals surface area (Å²) in [5.41, 5.74) is 3.86. The van der Waals surface area contributed by atoms with Crippen molar-refractivity contribution >= 4 is 28.3 Å². The van der Waals surface area contributed by atoms with E-state index in [0.717, 1.165) is 25.0 Å². The van der Waals surface area contributed by atoms with E-state index in [1.54, 1.807) is 0 Å². The van der Waals surface area contributed by atoms with Crippen molar-refractivity contribution in [1.82, 2.24) is 10.0 Å². The van der Waals surface area contributed by atoms with Crippen molar-refractivity contribution in [3.8, 4) is 0 Å². The largest absolute Gasteiger partial charge is 0.417 e. The third-order valence-electron chi connectivity index (χ3n) is 4.55. The molecule has 1 aliphatic carbocycles. The van der Waals surface area contributed by atoms with Crippen LogP contribution in [0.5, 0.6) is 0 Å². The molecule has 1 unspecified atom stereocenters. The number of sulfonamides is 1. The van der Waals surface area contributed by atoms with E-state index in [0.29, 0.717) is 18.9 Å². The fraction of sp³-hybridized carbons (Fsp3) is 0.562. The number of halogens is 4. The molecule has 1 amide bonds. The molecule has 4 N–H and O–H groups in total. The molecular weight excluding hydrogens is 407 g/mol. The van der Waals surface area contributed by atoms with Crippen molar-refractivity contribution in [2.24, 2.45) is 5.73 Å². The van der Waals surface area contributed by atoms with Crippen LogP contribution in [0.4, 0.5) is 13.2 Å². The minimum absolute atomic E-state index is 0. The topological polar surface area (TPSA) is 101 Å². The molecule has 6 nitrogen and oxygen atoms in total. The van der Waals surface area contributed by atoms with Gasteiger partial charge >= 0.3 is 6.18 Å². The van der Waals surface area contributed by atoms with Crippen LogP contribution in [0.15, 0.2) is 29.2 Å². The zero-order valence-electron chi connectivity index (χ0n) is 14.7. The fourth-order valence-electron chi connectivity index (χ4n) is 3.09. The van der Waals surface area contributed by atoms with Crippen molar-refractivity contribution in [2.45, 2.75) is 55.3 Å². The molecule has 2 rings (SSSR count). The molecule has 0 spiro atoms. The standard InChI is InChI=1S/C16H22F3N3O3S.ClH/c1-11(14(23)21-15(10-20)8-4-5-9-15)22-26(24,25)13-7-3-2-6-12(13)16(17,18)19;/h2-3,6-7,11,22H,4-5,8-10,20H2,1H3,(H,21,23);1H. The third-order valence-corrected chi connectivity index (χ3v) is 6.15. The van der Waals surface area contributed by atoms with Crippen LogP contribution in [0.2, 0.25) is 0 Å². The Kier molecular flexibility index (Phi) is 7.69. The summed E-state index contributed by atoms with van der Waals surface area (Å²) >= 11 is 0. The van der Waals surface area contributed by atoms with Gasteiger partial charge in [0.15, 0.2) is 0 Å². The van der Waals surface area contributed by atoms with E-state index in [1.807, 2.05) is 4.72 Å². The van der Waals surface area contributed by atoms with Gasteiger partial charge in [0, 0.05) is 6.54 Å². The first-order valence-corrected chi connectivity index (χ1v) is 9.70. The van der Waals surface area contributed by atoms with E-state index in [1.165, 1.54) is 13.0 Å². The smallest absolute Gasteiger partial charge is 0.348 e. The highest BCUT2D eigenvalue weighted by molar-refractivity contribution is 7.89. The fourth-order valence-corrected chi connectivity index (χ4v) is 4.52. The zero-order valence-corrected chi connectivity index (χ0v) is 16.3. The van der Waals surface area contributed by atoms with Crippen molar-refractivity contribution in [3.63, 3.8) is 0 Å². The molecule has 1 aromatic rings. The molecule has 0 aliphatic heterocycles. The van der Waals surface area contributed by atoms with E-state index in [4.69, 9.17) is 5.73 Å². The molecule has 1 fully saturated rings. The lowest BCUT2D eigenvalue weighted by Crippen LogP contribution is -2.56. The Balaban J connectivity index is 0.00000364. The van der Waals surface area contributed by atoms with Crippen LogP contribution in [0.3, 0.4) is 0 Å². The van der Waals surface area contributed by atoms with Crippen molar-refractivity contribution < 1.29 is 26.4 Å². The molecule has 1 aromatic carbocycles. The molecule has 1 atom stereocenters. The number of carbonyl (C=O) groups excluding carboxylic acids is 1. The molecule has 27 heavy (non-hydrogen) atoms. The molecular formula is C16H23ClF3N3O3S. The summed E-state index contributed by atoms with van der Waals surface area (Å²) in [7, 11) is -4.54. The number of nitrogens with one attached hydrogen (secondary N) is 2. The molecule has 0 bridgehead atoms. The van der Waals surface area contributed by atoms with E-state index >= 15 is 0 Å². The lowest BCUT2D eigenvalue weighted by atomic mass is 9.97. The number of carbonyl (C=O) groups is 1. The van der Waals surface area contributed by atoms with E-state index in [9.17, 15) is 26.4 Å². The van der Waals surface area contributed by atoms with Gasteiger partial charge in [-0.2, -0.15) is 17.9 Å². The second-order valence-corrected chi connectivity index (χ2v) is 8.20. The van der Waals surface area contributed by atoms with Crippen LogP contribution in [0.25, 0.3) is 0 Å². The predicted molar refractivity (Wildman–Crippen MR) is 96.9 cm³/mol. The molecule has 0 saturated heterocycles. The second kappa shape index (κ2) is 8.76. The van der Waals surface area contributed by atoms with Crippen LogP contribution in [0.1, 0.15) is 38.2 Å². The molecule has 0 heterocycles. The average Bonchev–Trinajstić information content (AvgIpc) is 3.02. The molecule has 0 aromatic heterocycles. The van der Waals surface area contributed by atoms with E-state index in [-0.39, 0.29) is 19.0 Å². The molecule has 1 saturated carbocycles. The zero-order chi connectivity index (χ0) is 19.6. The highest BCUT2D eigenvalue weighted by Gasteiger charge is 2.39. The number of hydrogen-bond acceptors (Lipinski definition) is 4. The molecule has 154 valence electrons. The Morgan fingerprint density at radius 3 is 2.33 bits per heavy atom. The summed E-state index contributed by atoms with van der Waals surface area (Å²) < 4.78 is 66.0. The van der Waals surface area contributed by atoms with E-state index in [2.05, 4.69) is 5.32 Å². The summed E-state index contributed by atoms with van der Waals surface area (Å²) in [6.45, 7) is 1.50. The Hall–Kier alpha value is -1.36. The van der Waals surface area contributed by atoms with Crippen molar-refractivity contribution in [1.29, 1.82) is 0 Å². The number of nitrogens with two attached hydrogens (primary N) is 1. The van der Waals surface area contributed by atoms with Gasteiger partial charge in [0.2, 0.25) is 15.9 Å². The maximum absolute atomic E-state index is 13.1. The maximum Gasteiger partial charge on any atom is 0.417 e. The van der Waals surface area contributed by atoms with Gasteiger partial charge in [0.05, 0.1) is 22.0 Å². The number of hydrogen-bond donors (Lipinski definition) is 3. The quantitative estimate of drug-likeness (QED) is 0.645. The summed E-state index contributed by atoms with van der Waals surface area (Å²) in [6.07, 6.45) is -1.66. The average molecular weight is 430 g/mol. The maximum atomic E-state index is 13.1. The Morgan fingerprint density at radius 1 is 1.26 bits per heavy atom. The second-order valence-electron chi connectivity index (χ2n) is 6.52. The first kappa shape index (κ1) is 23.7. The van der Waals surface area contributed by atoms with Gasteiger partial charge in [-0.15, -0.1) is 12.4 Å². The van der Waals surface area contributed by atoms with Crippen LogP contribution in [-0.2, 0) is 21.0 Å². The molecule has 0 radical (unpaired) electrons. The van der Waals surface area contributed by atoms with Gasteiger partial charge < -0.3 is 11.1 Å². The van der Waals surface area contributed by atoms with Gasteiger partial charge in [-0.1, -0.05) is 25.0 Å². The van der Waals surface area contributed by atoms with Crippen molar-refractivity contribution in [3.05, 3.63) is 29.8 Å². The van der Waals surface area contributed by atoms with Crippen LogP contribution < -0.4 is 15.8 Å². The summed E-state index contributed by atoms with van der Waals surface area (Å²) in [6, 6.07) is 2.58. The van der Waals surface area contributed by atoms with Crippen LogP contribution >= 0.6 is 12.4 Å². The molecule has 11 heteroatoms. The number of rotatable bonds is 6. The lowest BCUT2D eigenvalue weighted by molar-refractivity contribution is -0.139. The van der Waals surface area contributed by atoms with Gasteiger partial charge in [0.25, 0.3) is 0 Å². The minimum Gasteiger partial charge on any atom is -0.348 e. The Labute approximate surface area is 162 Å². The third kappa shape index (κ3) is 5.56. The summed E-state index contributed by atoms with van der Waals surface area (Å²) in [5.74, 6) is -0.620. The van der Waals surface area contributed by atoms with Gasteiger partial charge in [-0.3, -0.25) is 4.79 Å². The Bertz CT molecular complexity index is 766. The van der Waals surface area contributed by atoms with Gasteiger partial charge in [-0.25, -0.2) is 8.42 Å². The van der Waals surface area contributed by atoms with Gasteiger partial charge in [0.1, 0.15) is 0 Å². The monoisotopic (exact) mass is 429 g/mol. The van der Waals surface area contributed by atoms with Crippen molar-refractivity contribution in [2.75, 3.05) is 6.54 Å². The summed E-state index contributed by atoms with van der Waals surface area (Å²) in [5, 5.41) is 2.75. The summed E-state index contributed by atoms with van der Waals surface area (Å²) in [4.78, 5) is 11.4. The molecule has 1 aliphatic rings. The minimum atomic E-state index is -4.83. The van der Waals surface area contributed by atoms with Crippen LogP contribution in [-0.4, -0.2) is 32.5 Å². The first-order valence-electron chi connectivity index (χ1n) is 8.21.